The van der Waals surface area contributed by atoms with Gasteiger partial charge in [-0.05, 0) is 18.6 Å². The Bertz CT molecular complexity index is 649. The second-order valence-corrected chi connectivity index (χ2v) is 6.97. The first-order valence-electron chi connectivity index (χ1n) is 6.03. The maximum atomic E-state index is 11.9. The molecule has 0 spiro atoms. The van der Waals surface area contributed by atoms with Gasteiger partial charge in [0.25, 0.3) is 11.7 Å². The van der Waals surface area contributed by atoms with Gasteiger partial charge in [-0.15, -0.1) is 0 Å². The van der Waals surface area contributed by atoms with Gasteiger partial charge in [0.1, 0.15) is 0 Å². The van der Waals surface area contributed by atoms with Crippen molar-refractivity contribution in [2.45, 2.75) is 13.8 Å². The van der Waals surface area contributed by atoms with Crippen molar-refractivity contribution in [3.63, 3.8) is 0 Å². The van der Waals surface area contributed by atoms with Crippen LogP contribution in [0.25, 0.3) is 0 Å². The van der Waals surface area contributed by atoms with Crippen LogP contribution in [0.15, 0.2) is 18.2 Å². The summed E-state index contributed by atoms with van der Waals surface area (Å²) in [7, 11) is -3.17. The Balaban J connectivity index is 2.34. The van der Waals surface area contributed by atoms with Gasteiger partial charge in [0.2, 0.25) is 0 Å². The first-order valence-corrected chi connectivity index (χ1v) is 7.85. The number of hydrogen-bond acceptors (Lipinski definition) is 4. The number of benzene rings is 1. The molecule has 1 aliphatic rings. The van der Waals surface area contributed by atoms with E-state index in [9.17, 15) is 18.0 Å². The number of amides is 1. The van der Waals surface area contributed by atoms with E-state index in [0.29, 0.717) is 11.3 Å². The van der Waals surface area contributed by atoms with Crippen LogP contribution in [0.1, 0.15) is 22.8 Å². The Morgan fingerprint density at radius 1 is 1.21 bits per heavy atom. The number of para-hydroxylation sites is 1. The van der Waals surface area contributed by atoms with Crippen molar-refractivity contribution < 1.29 is 18.0 Å². The minimum atomic E-state index is -3.17. The summed E-state index contributed by atoms with van der Waals surface area (Å²) in [4.78, 5) is 25.0. The molecule has 0 saturated carbocycles. The molecule has 0 aliphatic carbocycles. The quantitative estimate of drug-likeness (QED) is 0.771. The van der Waals surface area contributed by atoms with Crippen molar-refractivity contribution in [2.75, 3.05) is 23.0 Å². The zero-order valence-electron chi connectivity index (χ0n) is 10.8. The van der Waals surface area contributed by atoms with Crippen molar-refractivity contribution in [3.05, 3.63) is 29.3 Å². The van der Waals surface area contributed by atoms with E-state index in [1.807, 2.05) is 0 Å². The summed E-state index contributed by atoms with van der Waals surface area (Å²) in [5, 5.41) is 0. The molecule has 0 aromatic heterocycles. The molecule has 1 aliphatic heterocycles. The lowest BCUT2D eigenvalue weighted by Gasteiger charge is -2.18. The van der Waals surface area contributed by atoms with Gasteiger partial charge in [-0.1, -0.05) is 19.1 Å². The molecule has 5 nitrogen and oxygen atoms in total. The maximum Gasteiger partial charge on any atom is 0.299 e. The fourth-order valence-electron chi connectivity index (χ4n) is 2.13. The first-order chi connectivity index (χ1) is 8.87. The number of hydrogen-bond donors (Lipinski definition) is 0. The lowest BCUT2D eigenvalue weighted by Crippen LogP contribution is -2.34. The van der Waals surface area contributed by atoms with Gasteiger partial charge in [0.15, 0.2) is 9.84 Å². The molecule has 0 unspecified atom stereocenters. The van der Waals surface area contributed by atoms with Gasteiger partial charge in [0.05, 0.1) is 17.0 Å². The molecule has 1 amide bonds. The second-order valence-electron chi connectivity index (χ2n) is 4.49. The molecule has 0 atom stereocenters. The summed E-state index contributed by atoms with van der Waals surface area (Å²) in [6, 6.07) is 5.11. The summed E-state index contributed by atoms with van der Waals surface area (Å²) in [6.07, 6.45) is 0. The van der Waals surface area contributed by atoms with Crippen molar-refractivity contribution in [2.24, 2.45) is 0 Å². The van der Waals surface area contributed by atoms with Crippen LogP contribution < -0.4 is 4.90 Å². The normalized spacial score (nSPS) is 14.9. The van der Waals surface area contributed by atoms with Gasteiger partial charge in [-0.2, -0.15) is 0 Å². The number of carbonyl (C=O) groups is 2. The van der Waals surface area contributed by atoms with Crippen LogP contribution in [0.2, 0.25) is 0 Å². The third-order valence-electron chi connectivity index (χ3n) is 3.26. The average molecular weight is 281 g/mol. The number of Topliss-reactive ketones (excluding diaryl/α,β-unsaturated/α-hetero) is 1. The third-order valence-corrected chi connectivity index (χ3v) is 4.94. The summed E-state index contributed by atoms with van der Waals surface area (Å²) < 4.78 is 23.0. The number of nitrogens with zero attached hydrogens (tertiary/aromatic N) is 1. The van der Waals surface area contributed by atoms with Gasteiger partial charge in [-0.3, -0.25) is 9.59 Å². The van der Waals surface area contributed by atoms with Crippen LogP contribution >= 0.6 is 0 Å². The Hall–Kier alpha value is -1.69. The van der Waals surface area contributed by atoms with Crippen molar-refractivity contribution in [1.29, 1.82) is 0 Å². The van der Waals surface area contributed by atoms with Crippen molar-refractivity contribution in [1.82, 2.24) is 0 Å². The lowest BCUT2D eigenvalue weighted by molar-refractivity contribution is -0.114. The van der Waals surface area contributed by atoms with Gasteiger partial charge in [-0.25, -0.2) is 8.42 Å². The summed E-state index contributed by atoms with van der Waals surface area (Å²) >= 11 is 0. The van der Waals surface area contributed by atoms with Gasteiger partial charge < -0.3 is 4.90 Å². The number of carbonyl (C=O) groups excluding carboxylic acids is 2. The number of fused-ring (bicyclic) bond motifs is 1. The van der Waals surface area contributed by atoms with Crippen LogP contribution in [-0.2, 0) is 14.6 Å². The van der Waals surface area contributed by atoms with Gasteiger partial charge >= 0.3 is 0 Å². The van der Waals surface area contributed by atoms with Gasteiger partial charge in [0, 0.05) is 12.3 Å². The van der Waals surface area contributed by atoms with Crippen LogP contribution in [0.5, 0.6) is 0 Å². The molecule has 6 heteroatoms. The van der Waals surface area contributed by atoms with E-state index < -0.39 is 21.5 Å². The van der Waals surface area contributed by atoms with E-state index in [1.54, 1.807) is 32.0 Å². The van der Waals surface area contributed by atoms with Crippen LogP contribution in [0.4, 0.5) is 5.69 Å². The highest BCUT2D eigenvalue weighted by atomic mass is 32.2. The number of aryl methyl sites for hydroxylation is 1. The fourth-order valence-corrected chi connectivity index (χ4v) is 2.88. The standard InChI is InChI=1S/C13H15NO4S/c1-3-19(17,18)8-7-14-11-9(2)5-4-6-10(11)12(15)13(14)16/h4-6H,3,7-8H2,1-2H3. The molecule has 1 heterocycles. The zero-order valence-corrected chi connectivity index (χ0v) is 11.7. The molecule has 102 valence electrons. The monoisotopic (exact) mass is 281 g/mol. The Morgan fingerprint density at radius 2 is 1.89 bits per heavy atom. The zero-order chi connectivity index (χ0) is 14.2. The summed E-state index contributed by atoms with van der Waals surface area (Å²) in [5.41, 5.74) is 1.70. The maximum absolute atomic E-state index is 11.9. The highest BCUT2D eigenvalue weighted by molar-refractivity contribution is 7.91. The number of rotatable bonds is 4. The molecule has 2 rings (SSSR count). The van der Waals surface area contributed by atoms with Crippen molar-refractivity contribution in [3.8, 4) is 0 Å². The number of anilines is 1. The average Bonchev–Trinajstić information content (AvgIpc) is 2.62. The molecule has 1 aromatic carbocycles. The van der Waals surface area contributed by atoms with E-state index in [0.717, 1.165) is 5.56 Å². The predicted molar refractivity (Wildman–Crippen MR) is 72.2 cm³/mol. The van der Waals surface area contributed by atoms with E-state index >= 15 is 0 Å². The van der Waals surface area contributed by atoms with Crippen LogP contribution in [0, 0.1) is 6.92 Å². The molecular weight excluding hydrogens is 266 g/mol. The summed E-state index contributed by atoms with van der Waals surface area (Å²) in [5.74, 6) is -1.30. The smallest absolute Gasteiger partial charge is 0.299 e. The number of sulfone groups is 1. The third kappa shape index (κ3) is 2.40. The Labute approximate surface area is 112 Å². The highest BCUT2D eigenvalue weighted by Gasteiger charge is 2.36. The molecule has 0 N–H and O–H groups in total. The molecule has 0 bridgehead atoms. The number of ketones is 1. The topological polar surface area (TPSA) is 71.5 Å². The van der Waals surface area contributed by atoms with E-state index in [1.165, 1.54) is 4.90 Å². The van der Waals surface area contributed by atoms with Crippen LogP contribution in [0.3, 0.4) is 0 Å². The van der Waals surface area contributed by atoms with Crippen LogP contribution in [-0.4, -0.2) is 38.2 Å². The molecule has 1 aromatic rings. The van der Waals surface area contributed by atoms with Crippen molar-refractivity contribution >= 4 is 27.2 Å². The SMILES string of the molecule is CCS(=O)(=O)CCN1C(=O)C(=O)c2cccc(C)c21. The second kappa shape index (κ2) is 4.77. The fraction of sp³-hybridized carbons (Fsp3) is 0.385. The van der Waals surface area contributed by atoms with E-state index in [2.05, 4.69) is 0 Å². The molecule has 0 radical (unpaired) electrons. The lowest BCUT2D eigenvalue weighted by atomic mass is 10.1. The minimum Gasteiger partial charge on any atom is -0.303 e. The molecule has 0 fully saturated rings. The summed E-state index contributed by atoms with van der Waals surface area (Å²) in [6.45, 7) is 3.39. The molecule has 19 heavy (non-hydrogen) atoms. The van der Waals surface area contributed by atoms with E-state index in [-0.39, 0.29) is 18.1 Å². The first kappa shape index (κ1) is 13.7. The van der Waals surface area contributed by atoms with E-state index in [4.69, 9.17) is 0 Å². The largest absolute Gasteiger partial charge is 0.303 e. The Kier molecular flexibility index (Phi) is 3.45. The minimum absolute atomic E-state index is 0.0264. The Morgan fingerprint density at radius 3 is 2.53 bits per heavy atom. The molecule has 0 saturated heterocycles. The molecular formula is C13H15NO4S. The predicted octanol–water partition coefficient (Wildman–Crippen LogP) is 0.959. The highest BCUT2D eigenvalue weighted by Crippen LogP contribution is 2.31.